The third kappa shape index (κ3) is 2.98. The molecule has 106 valence electrons. The number of benzene rings is 2. The van der Waals surface area contributed by atoms with Crippen molar-refractivity contribution in [2.75, 3.05) is 11.1 Å². The van der Waals surface area contributed by atoms with Crippen molar-refractivity contribution in [1.29, 1.82) is 5.26 Å². The Balaban J connectivity index is 2.31. The van der Waals surface area contributed by atoms with Crippen LogP contribution in [-0.4, -0.2) is 5.91 Å². The van der Waals surface area contributed by atoms with Crippen molar-refractivity contribution >= 4 is 17.3 Å². The minimum Gasteiger partial charge on any atom is -0.397 e. The molecule has 0 aliphatic carbocycles. The Morgan fingerprint density at radius 3 is 2.57 bits per heavy atom. The van der Waals surface area contributed by atoms with Crippen molar-refractivity contribution in [3.05, 3.63) is 58.7 Å². The molecule has 0 bridgehead atoms. The second kappa shape index (κ2) is 5.59. The summed E-state index contributed by atoms with van der Waals surface area (Å²) in [5.41, 5.74) is 6.35. The number of nitriles is 1. The molecule has 0 spiro atoms. The Hall–Kier alpha value is -2.94. The summed E-state index contributed by atoms with van der Waals surface area (Å²) >= 11 is 0. The van der Waals surface area contributed by atoms with Crippen LogP contribution in [0.2, 0.25) is 0 Å². The molecule has 3 N–H and O–H groups in total. The smallest absolute Gasteiger partial charge is 0.258 e. The molecule has 0 heterocycles. The number of aryl methyl sites for hydroxylation is 1. The molecular formula is C15H11F2N3O. The maximum Gasteiger partial charge on any atom is 0.258 e. The van der Waals surface area contributed by atoms with Crippen LogP contribution in [0.15, 0.2) is 30.3 Å². The minimum atomic E-state index is -0.956. The zero-order valence-corrected chi connectivity index (χ0v) is 11.1. The minimum absolute atomic E-state index is 0.161. The number of carbonyl (C=O) groups is 1. The average Bonchev–Trinajstić information content (AvgIpc) is 2.44. The highest BCUT2D eigenvalue weighted by Crippen LogP contribution is 2.21. The number of rotatable bonds is 2. The van der Waals surface area contributed by atoms with Gasteiger partial charge in [-0.05, 0) is 36.8 Å². The van der Waals surface area contributed by atoms with Crippen LogP contribution in [0.4, 0.5) is 20.2 Å². The van der Waals surface area contributed by atoms with Crippen LogP contribution >= 0.6 is 0 Å². The zero-order chi connectivity index (χ0) is 15.6. The molecule has 0 atom stereocenters. The molecule has 0 saturated carbocycles. The van der Waals surface area contributed by atoms with Gasteiger partial charge in [0.1, 0.15) is 11.6 Å². The molecule has 6 heteroatoms. The number of carbonyl (C=O) groups excluding carboxylic acids is 1. The van der Waals surface area contributed by atoms with E-state index in [1.54, 1.807) is 0 Å². The van der Waals surface area contributed by atoms with Gasteiger partial charge >= 0.3 is 0 Å². The highest BCUT2D eigenvalue weighted by atomic mass is 19.1. The van der Waals surface area contributed by atoms with Gasteiger partial charge in [0.2, 0.25) is 0 Å². The number of halogens is 2. The molecule has 2 aromatic rings. The van der Waals surface area contributed by atoms with Gasteiger partial charge in [-0.2, -0.15) is 5.26 Å². The molecule has 2 aromatic carbocycles. The molecule has 0 radical (unpaired) electrons. The summed E-state index contributed by atoms with van der Waals surface area (Å²) in [7, 11) is 0. The SMILES string of the molecule is Cc1cc(C(=O)Nc2ccc(C#N)cc2N)c(F)cc1F. The first-order chi connectivity index (χ1) is 9.92. The summed E-state index contributed by atoms with van der Waals surface area (Å²) in [5, 5.41) is 11.2. The zero-order valence-electron chi connectivity index (χ0n) is 11.1. The lowest BCUT2D eigenvalue weighted by atomic mass is 10.1. The van der Waals surface area contributed by atoms with Gasteiger partial charge in [-0.3, -0.25) is 4.79 Å². The molecule has 0 unspecified atom stereocenters. The monoisotopic (exact) mass is 287 g/mol. The fourth-order valence-electron chi connectivity index (χ4n) is 1.77. The van der Waals surface area contributed by atoms with Gasteiger partial charge in [0.05, 0.1) is 28.6 Å². The Morgan fingerprint density at radius 2 is 1.95 bits per heavy atom. The Kier molecular flexibility index (Phi) is 3.85. The van der Waals surface area contributed by atoms with Crippen LogP contribution in [0.3, 0.4) is 0 Å². The van der Waals surface area contributed by atoms with E-state index >= 15 is 0 Å². The predicted octanol–water partition coefficient (Wildman–Crippen LogP) is 2.98. The van der Waals surface area contributed by atoms with E-state index in [4.69, 9.17) is 11.0 Å². The van der Waals surface area contributed by atoms with Gasteiger partial charge in [-0.25, -0.2) is 8.78 Å². The second-order valence-electron chi connectivity index (χ2n) is 4.45. The predicted molar refractivity (Wildman–Crippen MR) is 74.6 cm³/mol. The maximum atomic E-state index is 13.6. The number of nitrogens with one attached hydrogen (secondary N) is 1. The summed E-state index contributed by atoms with van der Waals surface area (Å²) in [4.78, 5) is 12.0. The Morgan fingerprint density at radius 1 is 1.24 bits per heavy atom. The van der Waals surface area contributed by atoms with Crippen LogP contribution in [0.25, 0.3) is 0 Å². The molecule has 0 aromatic heterocycles. The molecule has 2 rings (SSSR count). The van der Waals surface area contributed by atoms with Crippen molar-refractivity contribution in [2.24, 2.45) is 0 Å². The number of nitrogens with two attached hydrogens (primary N) is 1. The lowest BCUT2D eigenvalue weighted by Gasteiger charge is -2.10. The van der Waals surface area contributed by atoms with E-state index in [9.17, 15) is 13.6 Å². The third-order valence-corrected chi connectivity index (χ3v) is 2.92. The van der Waals surface area contributed by atoms with E-state index in [2.05, 4.69) is 5.32 Å². The molecule has 0 aliphatic rings. The van der Waals surface area contributed by atoms with E-state index in [1.165, 1.54) is 25.1 Å². The summed E-state index contributed by atoms with van der Waals surface area (Å²) < 4.78 is 26.8. The quantitative estimate of drug-likeness (QED) is 0.833. The molecule has 0 aliphatic heterocycles. The maximum absolute atomic E-state index is 13.6. The lowest BCUT2D eigenvalue weighted by molar-refractivity contribution is 0.102. The molecule has 0 saturated heterocycles. The first-order valence-electron chi connectivity index (χ1n) is 5.99. The van der Waals surface area contributed by atoms with E-state index in [-0.39, 0.29) is 22.5 Å². The third-order valence-electron chi connectivity index (χ3n) is 2.92. The highest BCUT2D eigenvalue weighted by Gasteiger charge is 2.15. The standard InChI is InChI=1S/C15H11F2N3O/c1-8-4-10(12(17)6-11(8)16)15(21)20-14-3-2-9(7-18)5-13(14)19/h2-6H,19H2,1H3,(H,20,21). The number of nitrogens with zero attached hydrogens (tertiary/aromatic N) is 1. The fourth-order valence-corrected chi connectivity index (χ4v) is 1.77. The largest absolute Gasteiger partial charge is 0.397 e. The normalized spacial score (nSPS) is 10.0. The van der Waals surface area contributed by atoms with Crippen molar-refractivity contribution in [1.82, 2.24) is 0 Å². The lowest BCUT2D eigenvalue weighted by Crippen LogP contribution is -2.15. The molecule has 0 fully saturated rings. The summed E-state index contributed by atoms with van der Waals surface area (Å²) in [6.07, 6.45) is 0. The summed E-state index contributed by atoms with van der Waals surface area (Å²) in [6.45, 7) is 1.43. The van der Waals surface area contributed by atoms with Crippen molar-refractivity contribution in [3.63, 3.8) is 0 Å². The second-order valence-corrected chi connectivity index (χ2v) is 4.45. The number of nitrogen functional groups attached to an aromatic ring is 1. The summed E-state index contributed by atoms with van der Waals surface area (Å²) in [6, 6.07) is 8.00. The van der Waals surface area contributed by atoms with Gasteiger partial charge in [0.25, 0.3) is 5.91 Å². The highest BCUT2D eigenvalue weighted by molar-refractivity contribution is 6.06. The van der Waals surface area contributed by atoms with E-state index in [0.29, 0.717) is 11.6 Å². The van der Waals surface area contributed by atoms with Crippen LogP contribution in [0, 0.1) is 29.9 Å². The van der Waals surface area contributed by atoms with Crippen LogP contribution < -0.4 is 11.1 Å². The van der Waals surface area contributed by atoms with Crippen LogP contribution in [0.5, 0.6) is 0 Å². The number of hydrogen-bond donors (Lipinski definition) is 2. The summed E-state index contributed by atoms with van der Waals surface area (Å²) in [5.74, 6) is -2.42. The average molecular weight is 287 g/mol. The number of hydrogen-bond acceptors (Lipinski definition) is 3. The topological polar surface area (TPSA) is 78.9 Å². The molecule has 21 heavy (non-hydrogen) atoms. The Labute approximate surface area is 119 Å². The van der Waals surface area contributed by atoms with Gasteiger partial charge in [-0.15, -0.1) is 0 Å². The van der Waals surface area contributed by atoms with Crippen molar-refractivity contribution in [3.8, 4) is 6.07 Å². The number of amides is 1. The van der Waals surface area contributed by atoms with Crippen molar-refractivity contribution < 1.29 is 13.6 Å². The van der Waals surface area contributed by atoms with Crippen LogP contribution in [-0.2, 0) is 0 Å². The van der Waals surface area contributed by atoms with Gasteiger partial charge in [-0.1, -0.05) is 0 Å². The van der Waals surface area contributed by atoms with E-state index < -0.39 is 17.5 Å². The first kappa shape index (κ1) is 14.5. The van der Waals surface area contributed by atoms with Crippen molar-refractivity contribution in [2.45, 2.75) is 6.92 Å². The van der Waals surface area contributed by atoms with E-state index in [0.717, 1.165) is 6.07 Å². The molecule has 4 nitrogen and oxygen atoms in total. The van der Waals surface area contributed by atoms with Gasteiger partial charge in [0.15, 0.2) is 0 Å². The molecular weight excluding hydrogens is 276 g/mol. The van der Waals surface area contributed by atoms with Gasteiger partial charge in [0, 0.05) is 6.07 Å². The van der Waals surface area contributed by atoms with E-state index in [1.807, 2.05) is 6.07 Å². The first-order valence-corrected chi connectivity index (χ1v) is 5.99. The Bertz CT molecular complexity index is 766. The molecule has 1 amide bonds. The van der Waals surface area contributed by atoms with Crippen LogP contribution in [0.1, 0.15) is 21.5 Å². The fraction of sp³-hybridized carbons (Fsp3) is 0.0667. The number of anilines is 2. The van der Waals surface area contributed by atoms with Gasteiger partial charge < -0.3 is 11.1 Å².